The summed E-state index contributed by atoms with van der Waals surface area (Å²) >= 11 is 0. The van der Waals surface area contributed by atoms with Crippen molar-refractivity contribution in [1.29, 1.82) is 0 Å². The molecule has 4 aromatic rings. The molecule has 0 N–H and O–H groups in total. The molecule has 5 rings (SSSR count). The number of hydrogen-bond donors (Lipinski definition) is 0. The molecule has 1 unspecified atom stereocenters. The first-order chi connectivity index (χ1) is 15.6. The first kappa shape index (κ1) is 20.3. The highest BCUT2D eigenvalue weighted by atomic mass is 16.5. The lowest BCUT2D eigenvalue weighted by atomic mass is 10.00. The van der Waals surface area contributed by atoms with Gasteiger partial charge in [-0.2, -0.15) is 0 Å². The Morgan fingerprint density at radius 1 is 1.00 bits per heavy atom. The third-order valence-electron chi connectivity index (χ3n) is 6.25. The smallest absolute Gasteiger partial charge is 0.200 e. The SMILES string of the molecule is COc1ccc(-c2c(C)oc3c4c(ccc3c2=O)OCN(C(C)c2ccccc2)C4)cc1. The van der Waals surface area contributed by atoms with Crippen LogP contribution in [0.4, 0.5) is 0 Å². The third-order valence-corrected chi connectivity index (χ3v) is 6.25. The second-order valence-corrected chi connectivity index (χ2v) is 8.12. The molecule has 32 heavy (non-hydrogen) atoms. The minimum atomic E-state index is -0.0371. The van der Waals surface area contributed by atoms with Gasteiger partial charge in [-0.25, -0.2) is 0 Å². The molecule has 1 aromatic heterocycles. The molecule has 0 fully saturated rings. The summed E-state index contributed by atoms with van der Waals surface area (Å²) in [5, 5.41) is 0.568. The van der Waals surface area contributed by atoms with Crippen molar-refractivity contribution in [1.82, 2.24) is 4.90 Å². The number of ether oxygens (including phenoxy) is 2. The van der Waals surface area contributed by atoms with Gasteiger partial charge >= 0.3 is 0 Å². The van der Waals surface area contributed by atoms with Gasteiger partial charge in [0.05, 0.1) is 23.6 Å². The second kappa shape index (κ2) is 8.17. The van der Waals surface area contributed by atoms with Crippen LogP contribution in [0.2, 0.25) is 0 Å². The lowest BCUT2D eigenvalue weighted by Crippen LogP contribution is -2.34. The van der Waals surface area contributed by atoms with Crippen LogP contribution in [-0.4, -0.2) is 18.7 Å². The number of nitrogens with zero attached hydrogens (tertiary/aromatic N) is 1. The van der Waals surface area contributed by atoms with Gasteiger partial charge in [0.15, 0.2) is 0 Å². The standard InChI is InChI=1S/C27H25NO4/c1-17(19-7-5-4-6-8-19)28-15-23-24(31-16-28)14-13-22-26(29)25(18(2)32-27(22)23)20-9-11-21(30-3)12-10-20/h4-14,17H,15-16H2,1-3H3. The molecule has 1 aliphatic rings. The van der Waals surface area contributed by atoms with Crippen molar-refractivity contribution in [3.05, 3.63) is 93.8 Å². The summed E-state index contributed by atoms with van der Waals surface area (Å²) in [5.41, 5.74) is 4.09. The first-order valence-corrected chi connectivity index (χ1v) is 10.7. The van der Waals surface area contributed by atoms with Crippen molar-refractivity contribution < 1.29 is 13.9 Å². The van der Waals surface area contributed by atoms with Crippen molar-refractivity contribution in [2.75, 3.05) is 13.8 Å². The Morgan fingerprint density at radius 3 is 2.47 bits per heavy atom. The molecular formula is C27H25NO4. The second-order valence-electron chi connectivity index (χ2n) is 8.12. The molecule has 5 nitrogen and oxygen atoms in total. The Bertz CT molecular complexity index is 1330. The van der Waals surface area contributed by atoms with Crippen molar-refractivity contribution in [3.8, 4) is 22.6 Å². The van der Waals surface area contributed by atoms with E-state index in [9.17, 15) is 4.79 Å². The molecule has 2 heterocycles. The molecule has 162 valence electrons. The van der Waals surface area contributed by atoms with Gasteiger partial charge in [-0.1, -0.05) is 42.5 Å². The molecule has 0 aliphatic carbocycles. The summed E-state index contributed by atoms with van der Waals surface area (Å²) in [4.78, 5) is 15.7. The maximum Gasteiger partial charge on any atom is 0.200 e. The number of rotatable bonds is 4. The van der Waals surface area contributed by atoms with E-state index in [0.29, 0.717) is 35.6 Å². The maximum atomic E-state index is 13.5. The summed E-state index contributed by atoms with van der Waals surface area (Å²) < 4.78 is 17.6. The monoisotopic (exact) mass is 427 g/mol. The molecule has 3 aromatic carbocycles. The van der Waals surface area contributed by atoms with Crippen LogP contribution in [0.5, 0.6) is 11.5 Å². The summed E-state index contributed by atoms with van der Waals surface area (Å²) in [6.45, 7) is 5.14. The molecule has 0 saturated carbocycles. The molecule has 1 aliphatic heterocycles. The Labute approximate surface area is 186 Å². The van der Waals surface area contributed by atoms with E-state index >= 15 is 0 Å². The Morgan fingerprint density at radius 2 is 1.75 bits per heavy atom. The van der Waals surface area contributed by atoms with Gasteiger partial charge in [0.2, 0.25) is 5.43 Å². The van der Waals surface area contributed by atoms with Crippen molar-refractivity contribution >= 4 is 11.0 Å². The molecule has 1 atom stereocenters. The van der Waals surface area contributed by atoms with E-state index in [0.717, 1.165) is 22.6 Å². The van der Waals surface area contributed by atoms with Gasteiger partial charge in [0.1, 0.15) is 29.6 Å². The highest BCUT2D eigenvalue weighted by molar-refractivity contribution is 5.86. The molecule has 0 amide bonds. The Hall–Kier alpha value is -3.57. The van der Waals surface area contributed by atoms with Gasteiger partial charge in [0.25, 0.3) is 0 Å². The summed E-state index contributed by atoms with van der Waals surface area (Å²) in [6, 6.07) is 21.7. The molecular weight excluding hydrogens is 402 g/mol. The van der Waals surface area contributed by atoms with Crippen molar-refractivity contribution in [2.24, 2.45) is 0 Å². The zero-order valence-corrected chi connectivity index (χ0v) is 18.4. The fraction of sp³-hybridized carbons (Fsp3) is 0.222. The van der Waals surface area contributed by atoms with Crippen LogP contribution in [-0.2, 0) is 6.54 Å². The van der Waals surface area contributed by atoms with E-state index in [1.807, 2.05) is 61.5 Å². The predicted octanol–water partition coefficient (Wildman–Crippen LogP) is 5.69. The number of hydrogen-bond acceptors (Lipinski definition) is 5. The topological polar surface area (TPSA) is 51.9 Å². The highest BCUT2D eigenvalue weighted by Gasteiger charge is 2.27. The molecule has 0 bridgehead atoms. The normalized spacial score (nSPS) is 14.6. The van der Waals surface area contributed by atoms with Gasteiger partial charge < -0.3 is 13.9 Å². The summed E-state index contributed by atoms with van der Waals surface area (Å²) in [6.07, 6.45) is 0. The van der Waals surface area contributed by atoms with Crippen LogP contribution in [0.3, 0.4) is 0 Å². The number of aryl methyl sites for hydroxylation is 1. The van der Waals surface area contributed by atoms with Crippen molar-refractivity contribution in [3.63, 3.8) is 0 Å². The van der Waals surface area contributed by atoms with E-state index in [1.54, 1.807) is 7.11 Å². The summed E-state index contributed by atoms with van der Waals surface area (Å²) in [5.74, 6) is 2.11. The van der Waals surface area contributed by atoms with Crippen LogP contribution < -0.4 is 14.9 Å². The molecule has 0 radical (unpaired) electrons. The average molecular weight is 428 g/mol. The van der Waals surface area contributed by atoms with Crippen LogP contribution in [0.1, 0.15) is 29.9 Å². The highest BCUT2D eigenvalue weighted by Crippen LogP contribution is 2.36. The van der Waals surface area contributed by atoms with E-state index in [-0.39, 0.29) is 11.5 Å². The maximum absolute atomic E-state index is 13.5. The Kier molecular flexibility index (Phi) is 5.19. The van der Waals surface area contributed by atoms with Crippen LogP contribution in [0.25, 0.3) is 22.1 Å². The number of fused-ring (bicyclic) bond motifs is 3. The molecule has 0 saturated heterocycles. The lowest BCUT2D eigenvalue weighted by molar-refractivity contribution is 0.0620. The number of methoxy groups -OCH3 is 1. The van der Waals surface area contributed by atoms with Gasteiger partial charge in [0, 0.05) is 12.6 Å². The molecule has 5 heteroatoms. The quantitative estimate of drug-likeness (QED) is 0.419. The minimum absolute atomic E-state index is 0.0371. The van der Waals surface area contributed by atoms with E-state index in [2.05, 4.69) is 24.0 Å². The number of benzene rings is 3. The lowest BCUT2D eigenvalue weighted by Gasteiger charge is -2.34. The van der Waals surface area contributed by atoms with Crippen LogP contribution in [0.15, 0.2) is 75.9 Å². The van der Waals surface area contributed by atoms with Gasteiger partial charge in [-0.3, -0.25) is 9.69 Å². The fourth-order valence-corrected chi connectivity index (χ4v) is 4.37. The summed E-state index contributed by atoms with van der Waals surface area (Å²) in [7, 11) is 1.62. The Balaban J connectivity index is 1.58. The van der Waals surface area contributed by atoms with Gasteiger partial charge in [-0.05, 0) is 49.2 Å². The molecule has 0 spiro atoms. The van der Waals surface area contributed by atoms with Gasteiger partial charge in [-0.15, -0.1) is 0 Å². The largest absolute Gasteiger partial charge is 0.497 e. The predicted molar refractivity (Wildman–Crippen MR) is 125 cm³/mol. The fourth-order valence-electron chi connectivity index (χ4n) is 4.37. The van der Waals surface area contributed by atoms with Crippen molar-refractivity contribution in [2.45, 2.75) is 26.4 Å². The van der Waals surface area contributed by atoms with Crippen LogP contribution in [0, 0.1) is 6.92 Å². The third kappa shape index (κ3) is 3.45. The van der Waals surface area contributed by atoms with E-state index < -0.39 is 0 Å². The van der Waals surface area contributed by atoms with E-state index in [4.69, 9.17) is 13.9 Å². The zero-order valence-electron chi connectivity index (χ0n) is 18.4. The van der Waals surface area contributed by atoms with Crippen LogP contribution >= 0.6 is 0 Å². The first-order valence-electron chi connectivity index (χ1n) is 10.7. The average Bonchev–Trinajstić information content (AvgIpc) is 2.84. The minimum Gasteiger partial charge on any atom is -0.497 e. The van der Waals surface area contributed by atoms with E-state index in [1.165, 1.54) is 5.56 Å². The zero-order chi connectivity index (χ0) is 22.2.